The first-order valence-electron chi connectivity index (χ1n) is 6.97. The summed E-state index contributed by atoms with van der Waals surface area (Å²) >= 11 is 0. The largest absolute Gasteiger partial charge is 0.399 e. The SMILES string of the molecule is CCC(CC)CNC(=O)CNC(=O)c1ccc(N)cc1. The number of rotatable bonds is 7. The van der Waals surface area contributed by atoms with Crippen LogP contribution in [0.3, 0.4) is 0 Å². The summed E-state index contributed by atoms with van der Waals surface area (Å²) in [6, 6.07) is 6.57. The second kappa shape index (κ2) is 8.19. The number of anilines is 1. The van der Waals surface area contributed by atoms with E-state index in [1.54, 1.807) is 24.3 Å². The minimum atomic E-state index is -0.275. The standard InChI is InChI=1S/C15H23N3O2/c1-3-11(4-2)9-17-14(19)10-18-15(20)12-5-7-13(16)8-6-12/h5-8,11H,3-4,9-10,16H2,1-2H3,(H,17,19)(H,18,20). The van der Waals surface area contributed by atoms with Crippen LogP contribution in [0.2, 0.25) is 0 Å². The summed E-state index contributed by atoms with van der Waals surface area (Å²) in [6.45, 7) is 4.85. The van der Waals surface area contributed by atoms with Gasteiger partial charge in [-0.3, -0.25) is 9.59 Å². The van der Waals surface area contributed by atoms with E-state index in [1.807, 2.05) is 0 Å². The average molecular weight is 277 g/mol. The van der Waals surface area contributed by atoms with Crippen molar-refractivity contribution in [3.8, 4) is 0 Å². The molecule has 0 spiro atoms. The fourth-order valence-corrected chi connectivity index (χ4v) is 1.80. The number of nitrogens with two attached hydrogens (primary N) is 1. The lowest BCUT2D eigenvalue weighted by Gasteiger charge is -2.13. The lowest BCUT2D eigenvalue weighted by Crippen LogP contribution is -2.38. The van der Waals surface area contributed by atoms with Gasteiger partial charge in [0.05, 0.1) is 6.54 Å². The molecule has 0 heterocycles. The fourth-order valence-electron chi connectivity index (χ4n) is 1.80. The molecule has 0 aliphatic heterocycles. The van der Waals surface area contributed by atoms with Gasteiger partial charge in [-0.2, -0.15) is 0 Å². The number of nitrogen functional groups attached to an aromatic ring is 1. The van der Waals surface area contributed by atoms with Gasteiger partial charge in [0, 0.05) is 17.8 Å². The molecule has 1 rings (SSSR count). The van der Waals surface area contributed by atoms with Crippen molar-refractivity contribution in [1.29, 1.82) is 0 Å². The van der Waals surface area contributed by atoms with Gasteiger partial charge >= 0.3 is 0 Å². The molecule has 0 saturated carbocycles. The summed E-state index contributed by atoms with van der Waals surface area (Å²) in [5.41, 5.74) is 6.64. The van der Waals surface area contributed by atoms with Crippen LogP contribution in [0, 0.1) is 5.92 Å². The molecule has 0 aliphatic rings. The summed E-state index contributed by atoms with van der Waals surface area (Å²) in [6.07, 6.45) is 2.07. The molecule has 0 saturated heterocycles. The molecule has 1 aromatic rings. The highest BCUT2D eigenvalue weighted by Gasteiger charge is 2.09. The van der Waals surface area contributed by atoms with Crippen molar-refractivity contribution in [3.05, 3.63) is 29.8 Å². The average Bonchev–Trinajstić information content (AvgIpc) is 2.46. The van der Waals surface area contributed by atoms with Gasteiger partial charge in [0.15, 0.2) is 0 Å². The van der Waals surface area contributed by atoms with E-state index in [-0.39, 0.29) is 18.4 Å². The Morgan fingerprint density at radius 3 is 2.25 bits per heavy atom. The summed E-state index contributed by atoms with van der Waals surface area (Å²) < 4.78 is 0. The molecule has 0 aromatic heterocycles. The van der Waals surface area contributed by atoms with Gasteiger partial charge in [-0.05, 0) is 30.2 Å². The van der Waals surface area contributed by atoms with Crippen molar-refractivity contribution in [2.75, 3.05) is 18.8 Å². The predicted octanol–water partition coefficient (Wildman–Crippen LogP) is 1.55. The fraction of sp³-hybridized carbons (Fsp3) is 0.467. The van der Waals surface area contributed by atoms with Crippen LogP contribution >= 0.6 is 0 Å². The normalized spacial score (nSPS) is 10.3. The second-order valence-electron chi connectivity index (χ2n) is 4.79. The Morgan fingerprint density at radius 1 is 1.10 bits per heavy atom. The first-order valence-corrected chi connectivity index (χ1v) is 6.97. The Morgan fingerprint density at radius 2 is 1.70 bits per heavy atom. The number of carbonyl (C=O) groups is 2. The van der Waals surface area contributed by atoms with Gasteiger partial charge in [-0.15, -0.1) is 0 Å². The Hall–Kier alpha value is -2.04. The Labute approximate surface area is 119 Å². The molecule has 20 heavy (non-hydrogen) atoms. The molecule has 110 valence electrons. The first-order chi connectivity index (χ1) is 9.56. The molecule has 1 aromatic carbocycles. The predicted molar refractivity (Wildman–Crippen MR) is 80.3 cm³/mol. The summed E-state index contributed by atoms with van der Waals surface area (Å²) in [7, 11) is 0. The molecule has 0 aliphatic carbocycles. The van der Waals surface area contributed by atoms with Gasteiger partial charge in [-0.1, -0.05) is 26.7 Å². The van der Waals surface area contributed by atoms with E-state index in [2.05, 4.69) is 24.5 Å². The molecule has 0 atom stereocenters. The maximum absolute atomic E-state index is 11.8. The van der Waals surface area contributed by atoms with Gasteiger partial charge in [0.25, 0.3) is 5.91 Å². The minimum Gasteiger partial charge on any atom is -0.399 e. The number of benzene rings is 1. The van der Waals surface area contributed by atoms with Crippen LogP contribution < -0.4 is 16.4 Å². The monoisotopic (exact) mass is 277 g/mol. The summed E-state index contributed by atoms with van der Waals surface area (Å²) in [5.74, 6) is 0.0510. The number of carbonyl (C=O) groups excluding carboxylic acids is 2. The molecule has 2 amide bonds. The summed E-state index contributed by atoms with van der Waals surface area (Å²) in [4.78, 5) is 23.4. The molecule has 5 heteroatoms. The first kappa shape index (κ1) is 16.0. The molecule has 0 fully saturated rings. The highest BCUT2D eigenvalue weighted by molar-refractivity contribution is 5.96. The van der Waals surface area contributed by atoms with Crippen LogP contribution in [0.25, 0.3) is 0 Å². The third-order valence-corrected chi connectivity index (χ3v) is 3.32. The van der Waals surface area contributed by atoms with Crippen LogP contribution in [0.1, 0.15) is 37.0 Å². The van der Waals surface area contributed by atoms with E-state index >= 15 is 0 Å². The molecule has 0 bridgehead atoms. The number of hydrogen-bond donors (Lipinski definition) is 3. The van der Waals surface area contributed by atoms with Gasteiger partial charge < -0.3 is 16.4 Å². The van der Waals surface area contributed by atoms with Gasteiger partial charge in [-0.25, -0.2) is 0 Å². The number of amides is 2. The molecule has 5 nitrogen and oxygen atoms in total. The molecular formula is C15H23N3O2. The van der Waals surface area contributed by atoms with E-state index < -0.39 is 0 Å². The Bertz CT molecular complexity index is 439. The van der Waals surface area contributed by atoms with Gasteiger partial charge in [0.1, 0.15) is 0 Å². The maximum Gasteiger partial charge on any atom is 0.251 e. The zero-order chi connectivity index (χ0) is 15.0. The lowest BCUT2D eigenvalue weighted by molar-refractivity contribution is -0.120. The Kier molecular flexibility index (Phi) is 6.56. The lowest BCUT2D eigenvalue weighted by atomic mass is 10.0. The topological polar surface area (TPSA) is 84.2 Å². The van der Waals surface area contributed by atoms with Crippen LogP contribution in [0.4, 0.5) is 5.69 Å². The highest BCUT2D eigenvalue weighted by Crippen LogP contribution is 2.05. The third kappa shape index (κ3) is 5.30. The molecule has 0 radical (unpaired) electrons. The van der Waals surface area contributed by atoms with Crippen LogP contribution in [0.15, 0.2) is 24.3 Å². The van der Waals surface area contributed by atoms with Crippen molar-refractivity contribution >= 4 is 17.5 Å². The van der Waals surface area contributed by atoms with E-state index in [0.717, 1.165) is 12.8 Å². The van der Waals surface area contributed by atoms with E-state index in [1.165, 1.54) is 0 Å². The smallest absolute Gasteiger partial charge is 0.251 e. The van der Waals surface area contributed by atoms with E-state index in [9.17, 15) is 9.59 Å². The molecular weight excluding hydrogens is 254 g/mol. The number of nitrogens with one attached hydrogen (secondary N) is 2. The number of hydrogen-bond acceptors (Lipinski definition) is 3. The van der Waals surface area contributed by atoms with Crippen LogP contribution in [-0.2, 0) is 4.79 Å². The van der Waals surface area contributed by atoms with Crippen molar-refractivity contribution in [3.63, 3.8) is 0 Å². The van der Waals surface area contributed by atoms with Crippen LogP contribution in [0.5, 0.6) is 0 Å². The summed E-state index contributed by atoms with van der Waals surface area (Å²) in [5, 5.41) is 5.41. The van der Waals surface area contributed by atoms with Crippen LogP contribution in [-0.4, -0.2) is 24.9 Å². The van der Waals surface area contributed by atoms with E-state index in [0.29, 0.717) is 23.7 Å². The van der Waals surface area contributed by atoms with Crippen molar-refractivity contribution in [1.82, 2.24) is 10.6 Å². The van der Waals surface area contributed by atoms with E-state index in [4.69, 9.17) is 5.73 Å². The third-order valence-electron chi connectivity index (χ3n) is 3.32. The van der Waals surface area contributed by atoms with Crippen molar-refractivity contribution < 1.29 is 9.59 Å². The molecule has 4 N–H and O–H groups in total. The Balaban J connectivity index is 2.33. The van der Waals surface area contributed by atoms with Crippen molar-refractivity contribution in [2.45, 2.75) is 26.7 Å². The second-order valence-corrected chi connectivity index (χ2v) is 4.79. The molecule has 0 unspecified atom stereocenters. The zero-order valence-electron chi connectivity index (χ0n) is 12.1. The highest BCUT2D eigenvalue weighted by atomic mass is 16.2. The quantitative estimate of drug-likeness (QED) is 0.661. The van der Waals surface area contributed by atoms with Gasteiger partial charge in [0.2, 0.25) is 5.91 Å². The zero-order valence-corrected chi connectivity index (χ0v) is 12.1. The minimum absolute atomic E-state index is 0.0106. The van der Waals surface area contributed by atoms with Crippen molar-refractivity contribution in [2.24, 2.45) is 5.92 Å². The maximum atomic E-state index is 11.8.